The fourth-order valence-electron chi connectivity index (χ4n) is 9.73. The molecule has 4 heteroatoms. The molecule has 0 fully saturated rings. The summed E-state index contributed by atoms with van der Waals surface area (Å²) in [6, 6.07) is 66.6. The predicted molar refractivity (Wildman–Crippen MR) is 247 cm³/mol. The van der Waals surface area contributed by atoms with Gasteiger partial charge in [-0.15, -0.1) is 0 Å². The Balaban J connectivity index is 1.02. The van der Waals surface area contributed by atoms with Gasteiger partial charge in [0.25, 0.3) is 0 Å². The summed E-state index contributed by atoms with van der Waals surface area (Å²) >= 11 is 0. The minimum atomic E-state index is -0.227. The lowest BCUT2D eigenvalue weighted by Gasteiger charge is -2.24. The van der Waals surface area contributed by atoms with E-state index in [1.54, 1.807) is 0 Å². The first kappa shape index (κ1) is 34.4. The zero-order valence-electron chi connectivity index (χ0n) is 33.1. The first-order valence-corrected chi connectivity index (χ1v) is 20.5. The van der Waals surface area contributed by atoms with Crippen molar-refractivity contribution in [3.8, 4) is 67.5 Å². The van der Waals surface area contributed by atoms with Crippen LogP contribution < -0.4 is 0 Å². The summed E-state index contributed by atoms with van der Waals surface area (Å²) in [5, 5.41) is 7.13. The number of benzene rings is 9. The minimum absolute atomic E-state index is 0.227. The minimum Gasteiger partial charge on any atom is -0.456 e. The quantitative estimate of drug-likeness (QED) is 0.164. The number of hydrogen-bond acceptors (Lipinski definition) is 4. The van der Waals surface area contributed by atoms with Crippen molar-refractivity contribution < 1.29 is 4.42 Å². The van der Waals surface area contributed by atoms with E-state index in [1.165, 1.54) is 49.4 Å². The molecule has 60 heavy (non-hydrogen) atoms. The number of nitrogens with zero attached hydrogens (tertiary/aromatic N) is 3. The third-order valence-corrected chi connectivity index (χ3v) is 12.5. The maximum Gasteiger partial charge on any atom is 0.164 e. The van der Waals surface area contributed by atoms with Crippen LogP contribution in [0.3, 0.4) is 0 Å². The van der Waals surface area contributed by atoms with E-state index in [2.05, 4.69) is 184 Å². The number of fused-ring (bicyclic) bond motifs is 9. The van der Waals surface area contributed by atoms with Crippen molar-refractivity contribution in [3.63, 3.8) is 0 Å². The third kappa shape index (κ3) is 5.27. The summed E-state index contributed by atoms with van der Waals surface area (Å²) < 4.78 is 6.55. The highest BCUT2D eigenvalue weighted by atomic mass is 16.3. The predicted octanol–water partition coefficient (Wildman–Crippen LogP) is 14.7. The van der Waals surface area contributed by atoms with E-state index >= 15 is 0 Å². The molecule has 282 valence electrons. The number of aromatic nitrogens is 3. The summed E-state index contributed by atoms with van der Waals surface area (Å²) in [5.74, 6) is 1.93. The maximum atomic E-state index is 6.55. The van der Waals surface area contributed by atoms with Crippen LogP contribution in [-0.4, -0.2) is 15.0 Å². The van der Waals surface area contributed by atoms with Crippen molar-refractivity contribution >= 4 is 43.5 Å². The van der Waals surface area contributed by atoms with Crippen molar-refractivity contribution in [2.24, 2.45) is 0 Å². The van der Waals surface area contributed by atoms with E-state index in [0.29, 0.717) is 17.5 Å². The van der Waals surface area contributed by atoms with Crippen molar-refractivity contribution in [3.05, 3.63) is 199 Å². The molecule has 0 radical (unpaired) electrons. The molecule has 0 amide bonds. The molecular weight excluding hydrogens is 731 g/mol. The lowest BCUT2D eigenvalue weighted by molar-refractivity contribution is 0.661. The Morgan fingerprint density at radius 3 is 1.87 bits per heavy atom. The smallest absolute Gasteiger partial charge is 0.164 e. The summed E-state index contributed by atoms with van der Waals surface area (Å²) in [4.78, 5) is 15.6. The van der Waals surface area contributed by atoms with Crippen LogP contribution in [0.15, 0.2) is 192 Å². The zero-order chi connectivity index (χ0) is 40.0. The van der Waals surface area contributed by atoms with E-state index in [-0.39, 0.29) is 5.41 Å². The Kier molecular flexibility index (Phi) is 7.54. The van der Waals surface area contributed by atoms with Crippen LogP contribution in [0.25, 0.3) is 111 Å². The van der Waals surface area contributed by atoms with Gasteiger partial charge in [0.2, 0.25) is 0 Å². The van der Waals surface area contributed by atoms with Crippen molar-refractivity contribution in [2.45, 2.75) is 19.3 Å². The van der Waals surface area contributed by atoms with E-state index in [9.17, 15) is 0 Å². The second-order valence-electron chi connectivity index (χ2n) is 16.3. The molecule has 0 atom stereocenters. The summed E-state index contributed by atoms with van der Waals surface area (Å²) in [7, 11) is 0. The topological polar surface area (TPSA) is 51.8 Å². The molecule has 0 spiro atoms. The Labute approximate surface area is 347 Å². The van der Waals surface area contributed by atoms with Crippen molar-refractivity contribution in [1.29, 1.82) is 0 Å². The molecule has 0 N–H and O–H groups in total. The first-order chi connectivity index (χ1) is 29.5. The Bertz CT molecular complexity index is 3530. The highest BCUT2D eigenvalue weighted by Gasteiger charge is 2.38. The second kappa shape index (κ2) is 13.2. The summed E-state index contributed by atoms with van der Waals surface area (Å²) in [6.07, 6.45) is 0. The summed E-state index contributed by atoms with van der Waals surface area (Å²) in [5.41, 5.74) is 13.9. The van der Waals surface area contributed by atoms with Gasteiger partial charge >= 0.3 is 0 Å². The van der Waals surface area contributed by atoms with Crippen LogP contribution in [0.1, 0.15) is 25.0 Å². The molecular formula is C56H37N3O. The Morgan fingerprint density at radius 2 is 0.983 bits per heavy atom. The number of hydrogen-bond donors (Lipinski definition) is 0. The average molecular weight is 768 g/mol. The van der Waals surface area contributed by atoms with Gasteiger partial charge in [0, 0.05) is 32.9 Å². The highest BCUT2D eigenvalue weighted by Crippen LogP contribution is 2.52. The van der Waals surface area contributed by atoms with Crippen LogP contribution in [0.4, 0.5) is 0 Å². The van der Waals surface area contributed by atoms with E-state index < -0.39 is 0 Å². The third-order valence-electron chi connectivity index (χ3n) is 12.5. The van der Waals surface area contributed by atoms with Crippen LogP contribution in [0.5, 0.6) is 0 Å². The van der Waals surface area contributed by atoms with Gasteiger partial charge in [-0.25, -0.2) is 15.0 Å². The molecule has 2 heterocycles. The Morgan fingerprint density at radius 1 is 0.367 bits per heavy atom. The first-order valence-electron chi connectivity index (χ1n) is 20.5. The second-order valence-corrected chi connectivity index (χ2v) is 16.3. The summed E-state index contributed by atoms with van der Waals surface area (Å²) in [6.45, 7) is 4.61. The van der Waals surface area contributed by atoms with Gasteiger partial charge in [0.1, 0.15) is 11.2 Å². The van der Waals surface area contributed by atoms with Gasteiger partial charge in [-0.1, -0.05) is 172 Å². The monoisotopic (exact) mass is 767 g/mol. The fraction of sp³-hybridized carbons (Fsp3) is 0.0536. The van der Waals surface area contributed by atoms with E-state index in [4.69, 9.17) is 19.4 Å². The molecule has 1 aliphatic rings. The van der Waals surface area contributed by atoms with Gasteiger partial charge in [0.15, 0.2) is 17.5 Å². The van der Waals surface area contributed by atoms with Crippen molar-refractivity contribution in [2.75, 3.05) is 0 Å². The molecule has 11 aromatic rings. The average Bonchev–Trinajstić information content (AvgIpc) is 3.80. The van der Waals surface area contributed by atoms with Gasteiger partial charge < -0.3 is 4.42 Å². The molecule has 12 rings (SSSR count). The van der Waals surface area contributed by atoms with Crippen LogP contribution in [0, 0.1) is 0 Å². The molecule has 2 aromatic heterocycles. The SMILES string of the molecule is CC1(C)c2ccccc2-c2cccc(-c3nc(-c4ccccc4)nc(-c4cccc(-c5cccc6oc7ccc(-c8cc9ccccc9c9ccccc89)cc7c56)c4)n3)c21. The fourth-order valence-corrected chi connectivity index (χ4v) is 9.73. The molecule has 0 saturated heterocycles. The lowest BCUT2D eigenvalue weighted by Crippen LogP contribution is -2.17. The molecule has 0 aliphatic heterocycles. The van der Waals surface area contributed by atoms with E-state index in [1.807, 2.05) is 18.2 Å². The van der Waals surface area contributed by atoms with E-state index in [0.717, 1.165) is 55.3 Å². The zero-order valence-corrected chi connectivity index (χ0v) is 33.1. The van der Waals surface area contributed by atoms with Gasteiger partial charge in [-0.05, 0) is 96.4 Å². The lowest BCUT2D eigenvalue weighted by atomic mass is 9.80. The van der Waals surface area contributed by atoms with Crippen LogP contribution in [-0.2, 0) is 5.41 Å². The molecule has 9 aromatic carbocycles. The molecule has 0 saturated carbocycles. The van der Waals surface area contributed by atoms with Crippen LogP contribution in [0.2, 0.25) is 0 Å². The normalized spacial score (nSPS) is 13.0. The number of rotatable bonds is 5. The van der Waals surface area contributed by atoms with Crippen molar-refractivity contribution in [1.82, 2.24) is 15.0 Å². The Hall–Kier alpha value is -7.69. The highest BCUT2D eigenvalue weighted by molar-refractivity contribution is 6.17. The van der Waals surface area contributed by atoms with Gasteiger partial charge in [-0.2, -0.15) is 0 Å². The molecule has 0 bridgehead atoms. The maximum absolute atomic E-state index is 6.55. The van der Waals surface area contributed by atoms with Gasteiger partial charge in [0.05, 0.1) is 0 Å². The van der Waals surface area contributed by atoms with Crippen LogP contribution >= 0.6 is 0 Å². The molecule has 0 unspecified atom stereocenters. The van der Waals surface area contributed by atoms with Gasteiger partial charge in [-0.3, -0.25) is 0 Å². The molecule has 1 aliphatic carbocycles. The molecule has 4 nitrogen and oxygen atoms in total. The number of furan rings is 1. The standard InChI is InChI=1S/C56H37N3O/c1-56(2)48-27-11-10-23-43(48)44-25-13-26-45(52(44)56)55-58-53(34-15-4-3-5-16-34)57-54(59-55)38-19-12-18-35(31-38)40-24-14-28-50-51(40)47-33-37(29-30-49(47)60-50)46-32-36-17-6-7-20-39(36)41-21-8-9-22-42(41)46/h3-33H,1-2H3. The largest absolute Gasteiger partial charge is 0.456 e.